The van der Waals surface area contributed by atoms with Crippen LogP contribution in [-0.2, 0) is 9.47 Å². The molecule has 2 nitrogen and oxygen atoms in total. The van der Waals surface area contributed by atoms with Gasteiger partial charge in [-0.25, -0.2) is 0 Å². The summed E-state index contributed by atoms with van der Waals surface area (Å²) in [7, 11) is 0. The van der Waals surface area contributed by atoms with Gasteiger partial charge in [0.2, 0.25) is 0 Å². The second-order valence-electron chi connectivity index (χ2n) is 4.66. The Balaban J connectivity index is 2.07. The summed E-state index contributed by atoms with van der Waals surface area (Å²) >= 11 is 2.45. The summed E-state index contributed by atoms with van der Waals surface area (Å²) in [6.07, 6.45) is 6.16. The summed E-state index contributed by atoms with van der Waals surface area (Å²) in [5, 5.41) is 0. The Hall–Kier alpha value is 0.650. The lowest BCUT2D eigenvalue weighted by Gasteiger charge is -2.39. The predicted octanol–water partition coefficient (Wildman–Crippen LogP) is 3.13. The number of alkyl halides is 1. The minimum atomic E-state index is -0.210. The van der Waals surface area contributed by atoms with Gasteiger partial charge in [0.15, 0.2) is 5.79 Å². The molecule has 2 fully saturated rings. The van der Waals surface area contributed by atoms with Gasteiger partial charge in [0.1, 0.15) is 0 Å². The maximum atomic E-state index is 5.89. The summed E-state index contributed by atoms with van der Waals surface area (Å²) < 4.78 is 13.0. The Kier molecular flexibility index (Phi) is 3.39. The van der Waals surface area contributed by atoms with Crippen LogP contribution < -0.4 is 0 Å². The topological polar surface area (TPSA) is 18.5 Å². The van der Waals surface area contributed by atoms with Crippen molar-refractivity contribution in [3.63, 3.8) is 0 Å². The molecule has 3 heteroatoms. The average Bonchev–Trinajstić information content (AvgIpc) is 2.75. The highest BCUT2D eigenvalue weighted by Gasteiger charge is 2.55. The normalized spacial score (nSPS) is 35.6. The quantitative estimate of drug-likeness (QED) is 0.589. The number of hydrogen-bond donors (Lipinski definition) is 0. The van der Waals surface area contributed by atoms with E-state index < -0.39 is 0 Å². The van der Waals surface area contributed by atoms with Gasteiger partial charge in [-0.2, -0.15) is 0 Å². The summed E-state index contributed by atoms with van der Waals surface area (Å²) in [6, 6.07) is 0. The molecule has 0 radical (unpaired) electrons. The molecule has 0 aromatic heterocycles. The summed E-state index contributed by atoms with van der Waals surface area (Å²) in [5.74, 6) is -0.210. The molecule has 2 rings (SSSR count). The van der Waals surface area contributed by atoms with E-state index in [-0.39, 0.29) is 11.2 Å². The van der Waals surface area contributed by atoms with Crippen LogP contribution in [0.4, 0.5) is 0 Å². The Morgan fingerprint density at radius 2 is 1.93 bits per heavy atom. The fourth-order valence-electron chi connectivity index (χ4n) is 2.92. The van der Waals surface area contributed by atoms with Gasteiger partial charge in [0, 0.05) is 11.8 Å². The van der Waals surface area contributed by atoms with E-state index in [9.17, 15) is 0 Å². The first-order chi connectivity index (χ1) is 6.72. The molecule has 0 N–H and O–H groups in total. The predicted molar refractivity (Wildman–Crippen MR) is 64.7 cm³/mol. The Morgan fingerprint density at radius 3 is 2.57 bits per heavy atom. The molecule has 1 aliphatic carbocycles. The van der Waals surface area contributed by atoms with Crippen molar-refractivity contribution < 1.29 is 9.47 Å². The second-order valence-corrected chi connectivity index (χ2v) is 5.74. The van der Waals surface area contributed by atoms with Crippen LogP contribution in [0.5, 0.6) is 0 Å². The summed E-state index contributed by atoms with van der Waals surface area (Å²) in [4.78, 5) is 0. The van der Waals surface area contributed by atoms with Crippen LogP contribution in [-0.4, -0.2) is 23.4 Å². The smallest absolute Gasteiger partial charge is 0.173 e. The van der Waals surface area contributed by atoms with E-state index in [2.05, 4.69) is 29.5 Å². The van der Waals surface area contributed by atoms with E-state index in [4.69, 9.17) is 9.47 Å². The van der Waals surface area contributed by atoms with Crippen molar-refractivity contribution in [2.45, 2.75) is 44.8 Å². The number of ether oxygens (including phenoxy) is 2. The van der Waals surface area contributed by atoms with E-state index >= 15 is 0 Å². The van der Waals surface area contributed by atoms with E-state index in [1.807, 2.05) is 0 Å². The van der Waals surface area contributed by atoms with E-state index in [1.165, 1.54) is 30.1 Å². The Bertz CT molecular complexity index is 196. The molecule has 0 aromatic rings. The van der Waals surface area contributed by atoms with Crippen LogP contribution in [0.3, 0.4) is 0 Å². The van der Waals surface area contributed by atoms with Gasteiger partial charge in [-0.15, -0.1) is 0 Å². The summed E-state index contributed by atoms with van der Waals surface area (Å²) in [6.45, 7) is 3.93. The third-order valence-electron chi connectivity index (χ3n) is 3.77. The largest absolute Gasteiger partial charge is 0.347 e. The molecular formula is C11H19IO2. The molecule has 0 aromatic carbocycles. The molecule has 0 unspecified atom stereocenters. The Labute approximate surface area is 99.9 Å². The van der Waals surface area contributed by atoms with Gasteiger partial charge in [0.25, 0.3) is 0 Å². The first-order valence-corrected chi connectivity index (χ1v) is 7.09. The first kappa shape index (κ1) is 11.1. The van der Waals surface area contributed by atoms with Gasteiger partial charge in [-0.1, -0.05) is 29.5 Å². The lowest BCUT2D eigenvalue weighted by atomic mass is 9.79. The standard InChI is InChI=1S/C11H19IO2/c1-10(5-3-7-12)4-2-6-11(10)13-8-9-14-11/h2-9H2,1H3/t10-/m0/s1. The van der Waals surface area contributed by atoms with Crippen molar-refractivity contribution in [3.05, 3.63) is 0 Å². The fourth-order valence-corrected chi connectivity index (χ4v) is 3.30. The van der Waals surface area contributed by atoms with Crippen LogP contribution in [0.2, 0.25) is 0 Å². The molecule has 1 aliphatic heterocycles. The molecule has 2 aliphatic rings. The lowest BCUT2D eigenvalue weighted by molar-refractivity contribution is -0.218. The van der Waals surface area contributed by atoms with E-state index in [0.717, 1.165) is 19.6 Å². The van der Waals surface area contributed by atoms with Crippen LogP contribution >= 0.6 is 22.6 Å². The second kappa shape index (κ2) is 4.26. The minimum absolute atomic E-state index is 0.210. The van der Waals surface area contributed by atoms with Crippen molar-refractivity contribution in [3.8, 4) is 0 Å². The zero-order chi connectivity index (χ0) is 10.1. The zero-order valence-electron chi connectivity index (χ0n) is 8.85. The molecule has 1 saturated heterocycles. The van der Waals surface area contributed by atoms with Crippen LogP contribution in [0.25, 0.3) is 0 Å². The highest BCUT2D eigenvalue weighted by molar-refractivity contribution is 14.1. The third-order valence-corrected chi connectivity index (χ3v) is 4.53. The maximum absolute atomic E-state index is 5.89. The number of halogens is 1. The van der Waals surface area contributed by atoms with Crippen molar-refractivity contribution >= 4 is 22.6 Å². The maximum Gasteiger partial charge on any atom is 0.173 e. The van der Waals surface area contributed by atoms with Crippen molar-refractivity contribution in [1.82, 2.24) is 0 Å². The number of hydrogen-bond acceptors (Lipinski definition) is 2. The highest BCUT2D eigenvalue weighted by Crippen LogP contribution is 2.53. The van der Waals surface area contributed by atoms with Crippen LogP contribution in [0, 0.1) is 5.41 Å². The van der Waals surface area contributed by atoms with Crippen LogP contribution in [0.1, 0.15) is 39.0 Å². The summed E-state index contributed by atoms with van der Waals surface area (Å²) in [5.41, 5.74) is 0.272. The minimum Gasteiger partial charge on any atom is -0.347 e. The van der Waals surface area contributed by atoms with E-state index in [1.54, 1.807) is 0 Å². The molecule has 82 valence electrons. The molecular weight excluding hydrogens is 291 g/mol. The SMILES string of the molecule is C[C@@]1(CCCI)CCCC12OCCO2. The van der Waals surface area contributed by atoms with Crippen molar-refractivity contribution in [1.29, 1.82) is 0 Å². The van der Waals surface area contributed by atoms with Crippen molar-refractivity contribution in [2.24, 2.45) is 5.41 Å². The molecule has 14 heavy (non-hydrogen) atoms. The highest BCUT2D eigenvalue weighted by atomic mass is 127. The monoisotopic (exact) mass is 310 g/mol. The average molecular weight is 310 g/mol. The molecule has 0 amide bonds. The Morgan fingerprint density at radius 1 is 1.21 bits per heavy atom. The molecule has 1 atom stereocenters. The first-order valence-electron chi connectivity index (χ1n) is 5.56. The van der Waals surface area contributed by atoms with Gasteiger partial charge < -0.3 is 9.47 Å². The van der Waals surface area contributed by atoms with Crippen LogP contribution in [0.15, 0.2) is 0 Å². The fraction of sp³-hybridized carbons (Fsp3) is 1.00. The molecule has 0 bridgehead atoms. The van der Waals surface area contributed by atoms with Gasteiger partial charge in [0.05, 0.1) is 13.2 Å². The number of rotatable bonds is 3. The van der Waals surface area contributed by atoms with Crippen molar-refractivity contribution in [2.75, 3.05) is 17.6 Å². The third kappa shape index (κ3) is 1.71. The molecule has 1 spiro atoms. The van der Waals surface area contributed by atoms with E-state index in [0.29, 0.717) is 0 Å². The molecule has 1 saturated carbocycles. The molecule has 1 heterocycles. The van der Waals surface area contributed by atoms with Gasteiger partial charge in [-0.05, 0) is 30.1 Å². The zero-order valence-corrected chi connectivity index (χ0v) is 11.0. The lowest BCUT2D eigenvalue weighted by Crippen LogP contribution is -2.43. The van der Waals surface area contributed by atoms with Gasteiger partial charge in [-0.3, -0.25) is 0 Å². The van der Waals surface area contributed by atoms with Gasteiger partial charge >= 0.3 is 0 Å².